The Kier molecular flexibility index (Phi) is 6.56. The van der Waals surface area contributed by atoms with Crippen molar-refractivity contribution in [1.82, 2.24) is 9.78 Å². The Hall–Kier alpha value is -0.830. The van der Waals surface area contributed by atoms with Crippen LogP contribution < -0.4 is 5.73 Å². The summed E-state index contributed by atoms with van der Waals surface area (Å²) in [5.41, 5.74) is 10.2. The van der Waals surface area contributed by atoms with Crippen molar-refractivity contribution in [2.75, 3.05) is 0 Å². The minimum absolute atomic E-state index is 0.139. The summed E-state index contributed by atoms with van der Waals surface area (Å²) in [6.07, 6.45) is 5.42. The number of nitrogens with zero attached hydrogens (tertiary/aromatic N) is 2. The SMILES string of the molecule is CCc1nn(CC(CC)CC)c(CC)c1C(N)CC. The molecule has 2 N–H and O–H groups in total. The molecule has 3 heteroatoms. The van der Waals surface area contributed by atoms with Gasteiger partial charge in [-0.25, -0.2) is 0 Å². The maximum atomic E-state index is 6.30. The second kappa shape index (κ2) is 7.68. The molecule has 0 aliphatic carbocycles. The Balaban J connectivity index is 3.14. The normalized spacial score (nSPS) is 13.2. The van der Waals surface area contributed by atoms with Gasteiger partial charge in [0.2, 0.25) is 0 Å². The molecule has 0 radical (unpaired) electrons. The highest BCUT2D eigenvalue weighted by Gasteiger charge is 2.20. The van der Waals surface area contributed by atoms with Gasteiger partial charge in [-0.2, -0.15) is 5.10 Å². The maximum absolute atomic E-state index is 6.30. The molecule has 0 amide bonds. The van der Waals surface area contributed by atoms with E-state index in [2.05, 4.69) is 39.3 Å². The third-order valence-electron chi connectivity index (χ3n) is 4.24. The first-order chi connectivity index (χ1) is 9.12. The number of hydrogen-bond donors (Lipinski definition) is 1. The first kappa shape index (κ1) is 16.2. The molecule has 0 fully saturated rings. The molecule has 110 valence electrons. The van der Waals surface area contributed by atoms with Crippen molar-refractivity contribution in [3.8, 4) is 0 Å². The molecule has 1 atom stereocenters. The van der Waals surface area contributed by atoms with Crippen LogP contribution in [0.15, 0.2) is 0 Å². The van der Waals surface area contributed by atoms with Crippen LogP contribution in [-0.4, -0.2) is 9.78 Å². The second-order valence-corrected chi connectivity index (χ2v) is 5.39. The van der Waals surface area contributed by atoms with Gasteiger partial charge in [0.1, 0.15) is 0 Å². The van der Waals surface area contributed by atoms with E-state index in [-0.39, 0.29) is 6.04 Å². The fourth-order valence-corrected chi connectivity index (χ4v) is 2.77. The van der Waals surface area contributed by atoms with Crippen molar-refractivity contribution in [3.05, 3.63) is 17.0 Å². The summed E-state index contributed by atoms with van der Waals surface area (Å²) in [5, 5.41) is 4.84. The molecule has 0 aliphatic rings. The molecule has 0 spiro atoms. The Morgan fingerprint density at radius 1 is 1.00 bits per heavy atom. The van der Waals surface area contributed by atoms with E-state index < -0.39 is 0 Å². The van der Waals surface area contributed by atoms with Gasteiger partial charge >= 0.3 is 0 Å². The van der Waals surface area contributed by atoms with E-state index in [1.165, 1.54) is 29.8 Å². The lowest BCUT2D eigenvalue weighted by atomic mass is 9.99. The molecule has 0 bridgehead atoms. The monoisotopic (exact) mass is 265 g/mol. The van der Waals surface area contributed by atoms with Gasteiger partial charge in [-0.1, -0.05) is 47.5 Å². The highest BCUT2D eigenvalue weighted by Crippen LogP contribution is 2.25. The smallest absolute Gasteiger partial charge is 0.0672 e. The van der Waals surface area contributed by atoms with Crippen LogP contribution in [0.5, 0.6) is 0 Å². The van der Waals surface area contributed by atoms with Crippen LogP contribution >= 0.6 is 0 Å². The third-order valence-corrected chi connectivity index (χ3v) is 4.24. The van der Waals surface area contributed by atoms with Crippen molar-refractivity contribution in [2.45, 2.75) is 79.3 Å². The molecule has 1 heterocycles. The van der Waals surface area contributed by atoms with Gasteiger partial charge in [-0.05, 0) is 25.2 Å². The van der Waals surface area contributed by atoms with Crippen LogP contribution in [-0.2, 0) is 19.4 Å². The molecule has 0 saturated carbocycles. The summed E-state index contributed by atoms with van der Waals surface area (Å²) in [4.78, 5) is 0. The van der Waals surface area contributed by atoms with Crippen molar-refractivity contribution >= 4 is 0 Å². The molecule has 1 unspecified atom stereocenters. The molecular formula is C16H31N3. The summed E-state index contributed by atoms with van der Waals surface area (Å²) in [6, 6.07) is 0.139. The lowest BCUT2D eigenvalue weighted by molar-refractivity contribution is 0.387. The van der Waals surface area contributed by atoms with E-state index in [4.69, 9.17) is 10.8 Å². The first-order valence-electron chi connectivity index (χ1n) is 7.96. The predicted octanol–water partition coefficient (Wildman–Crippen LogP) is 3.85. The highest BCUT2D eigenvalue weighted by atomic mass is 15.3. The van der Waals surface area contributed by atoms with Gasteiger partial charge < -0.3 is 5.73 Å². The average Bonchev–Trinajstić information content (AvgIpc) is 2.81. The van der Waals surface area contributed by atoms with E-state index in [1.54, 1.807) is 0 Å². The van der Waals surface area contributed by atoms with Crippen LogP contribution in [0.1, 0.15) is 76.9 Å². The Bertz CT molecular complexity index is 378. The largest absolute Gasteiger partial charge is 0.324 e. The summed E-state index contributed by atoms with van der Waals surface area (Å²) < 4.78 is 2.24. The summed E-state index contributed by atoms with van der Waals surface area (Å²) in [5.74, 6) is 0.723. The summed E-state index contributed by atoms with van der Waals surface area (Å²) in [6.45, 7) is 12.1. The van der Waals surface area contributed by atoms with Crippen molar-refractivity contribution in [3.63, 3.8) is 0 Å². The zero-order valence-corrected chi connectivity index (χ0v) is 13.4. The van der Waals surface area contributed by atoms with Gasteiger partial charge in [-0.3, -0.25) is 4.68 Å². The van der Waals surface area contributed by atoms with Crippen molar-refractivity contribution in [1.29, 1.82) is 0 Å². The summed E-state index contributed by atoms with van der Waals surface area (Å²) in [7, 11) is 0. The number of rotatable bonds is 8. The number of aromatic nitrogens is 2. The second-order valence-electron chi connectivity index (χ2n) is 5.39. The molecule has 3 nitrogen and oxygen atoms in total. The minimum Gasteiger partial charge on any atom is -0.324 e. The molecule has 1 rings (SSSR count). The zero-order chi connectivity index (χ0) is 14.4. The number of aryl methyl sites for hydroxylation is 1. The molecule has 0 saturated heterocycles. The minimum atomic E-state index is 0.139. The maximum Gasteiger partial charge on any atom is 0.0672 e. The van der Waals surface area contributed by atoms with Crippen LogP contribution in [0.2, 0.25) is 0 Å². The first-order valence-corrected chi connectivity index (χ1v) is 7.96. The molecular weight excluding hydrogens is 234 g/mol. The fraction of sp³-hybridized carbons (Fsp3) is 0.812. The standard InChI is InChI=1S/C16H31N3/c1-6-12(7-2)11-19-15(10-5)16(13(17)8-3)14(9-4)18-19/h12-13H,6-11,17H2,1-5H3. The Morgan fingerprint density at radius 3 is 2.05 bits per heavy atom. The molecule has 19 heavy (non-hydrogen) atoms. The van der Waals surface area contributed by atoms with Crippen molar-refractivity contribution < 1.29 is 0 Å². The van der Waals surface area contributed by atoms with Crippen LogP contribution in [0.25, 0.3) is 0 Å². The molecule has 0 aliphatic heterocycles. The van der Waals surface area contributed by atoms with Gasteiger partial charge in [-0.15, -0.1) is 0 Å². The van der Waals surface area contributed by atoms with Crippen LogP contribution in [0, 0.1) is 5.92 Å². The lowest BCUT2D eigenvalue weighted by Gasteiger charge is -2.16. The third kappa shape index (κ3) is 3.59. The van der Waals surface area contributed by atoms with Gasteiger partial charge in [0, 0.05) is 23.8 Å². The van der Waals surface area contributed by atoms with E-state index in [0.717, 1.165) is 31.7 Å². The van der Waals surface area contributed by atoms with Crippen LogP contribution in [0.4, 0.5) is 0 Å². The van der Waals surface area contributed by atoms with E-state index in [9.17, 15) is 0 Å². The Labute approximate surface area is 118 Å². The lowest BCUT2D eigenvalue weighted by Crippen LogP contribution is -2.15. The number of nitrogens with two attached hydrogens (primary N) is 1. The van der Waals surface area contributed by atoms with E-state index in [1.807, 2.05) is 0 Å². The fourth-order valence-electron chi connectivity index (χ4n) is 2.77. The summed E-state index contributed by atoms with van der Waals surface area (Å²) >= 11 is 0. The quantitative estimate of drug-likeness (QED) is 0.775. The average molecular weight is 265 g/mol. The predicted molar refractivity (Wildman–Crippen MR) is 82.3 cm³/mol. The van der Waals surface area contributed by atoms with Crippen LogP contribution in [0.3, 0.4) is 0 Å². The highest BCUT2D eigenvalue weighted by molar-refractivity contribution is 5.30. The van der Waals surface area contributed by atoms with E-state index in [0.29, 0.717) is 0 Å². The zero-order valence-electron chi connectivity index (χ0n) is 13.4. The topological polar surface area (TPSA) is 43.8 Å². The van der Waals surface area contributed by atoms with Gasteiger partial charge in [0.25, 0.3) is 0 Å². The van der Waals surface area contributed by atoms with E-state index >= 15 is 0 Å². The molecule has 0 aromatic carbocycles. The molecule has 1 aromatic rings. The Morgan fingerprint density at radius 2 is 1.63 bits per heavy atom. The number of hydrogen-bond acceptors (Lipinski definition) is 2. The molecule has 1 aromatic heterocycles. The van der Waals surface area contributed by atoms with Gasteiger partial charge in [0.05, 0.1) is 5.69 Å². The van der Waals surface area contributed by atoms with Crippen molar-refractivity contribution in [2.24, 2.45) is 11.7 Å². The van der Waals surface area contributed by atoms with Gasteiger partial charge in [0.15, 0.2) is 0 Å².